The van der Waals surface area contributed by atoms with E-state index in [1.807, 2.05) is 0 Å². The number of rotatable bonds is 5. The molecule has 6 heteroatoms. The minimum atomic E-state index is -4.65. The van der Waals surface area contributed by atoms with Crippen molar-refractivity contribution in [2.24, 2.45) is 0 Å². The monoisotopic (exact) mass is 349 g/mol. The van der Waals surface area contributed by atoms with Crippen molar-refractivity contribution in [1.82, 2.24) is 4.98 Å². The smallest absolute Gasteiger partial charge is 0.350 e. The van der Waals surface area contributed by atoms with Gasteiger partial charge >= 0.3 is 6.18 Å². The Balaban J connectivity index is 2.08. The van der Waals surface area contributed by atoms with Gasteiger partial charge in [-0.05, 0) is 11.1 Å². The van der Waals surface area contributed by atoms with Gasteiger partial charge in [-0.2, -0.15) is 13.2 Å². The lowest BCUT2D eigenvalue weighted by Gasteiger charge is -2.34. The standard InChI is InChI=1S/C18H14F3NOS/c19-18(20,21)17(16-22-11-12-24-16,15-9-5-2-6-10-15)23-13-14-7-3-1-4-8-14/h1-12H,13H2. The van der Waals surface area contributed by atoms with Crippen LogP contribution in [0.25, 0.3) is 0 Å². The van der Waals surface area contributed by atoms with Crippen LogP contribution in [0.1, 0.15) is 16.1 Å². The predicted octanol–water partition coefficient (Wildman–Crippen LogP) is 5.17. The normalized spacial score (nSPS) is 14.3. The fourth-order valence-electron chi connectivity index (χ4n) is 2.47. The molecule has 0 N–H and O–H groups in total. The molecule has 0 fully saturated rings. The second-order valence-corrected chi connectivity index (χ2v) is 6.05. The number of nitrogens with zero attached hydrogens (tertiary/aromatic N) is 1. The van der Waals surface area contributed by atoms with Crippen LogP contribution < -0.4 is 0 Å². The average Bonchev–Trinajstić information content (AvgIpc) is 3.11. The molecule has 2 aromatic carbocycles. The summed E-state index contributed by atoms with van der Waals surface area (Å²) in [5.74, 6) is 0. The maximum Gasteiger partial charge on any atom is 0.428 e. The minimum absolute atomic E-state index is 0.0170. The van der Waals surface area contributed by atoms with Crippen molar-refractivity contribution >= 4 is 11.3 Å². The Morgan fingerprint density at radius 2 is 1.54 bits per heavy atom. The van der Waals surface area contributed by atoms with Crippen LogP contribution in [0.4, 0.5) is 13.2 Å². The highest BCUT2D eigenvalue weighted by Gasteiger charge is 2.60. The first-order valence-corrected chi connectivity index (χ1v) is 8.12. The zero-order valence-corrected chi connectivity index (χ0v) is 13.3. The Labute approximate surface area is 141 Å². The van der Waals surface area contributed by atoms with Crippen LogP contribution in [0, 0.1) is 0 Å². The topological polar surface area (TPSA) is 22.1 Å². The minimum Gasteiger partial charge on any atom is -0.350 e. The fourth-order valence-corrected chi connectivity index (χ4v) is 3.30. The van der Waals surface area contributed by atoms with Gasteiger partial charge in [-0.3, -0.25) is 0 Å². The van der Waals surface area contributed by atoms with E-state index in [2.05, 4.69) is 4.98 Å². The largest absolute Gasteiger partial charge is 0.428 e. The van der Waals surface area contributed by atoms with Gasteiger partial charge in [0.05, 0.1) is 6.61 Å². The lowest BCUT2D eigenvalue weighted by Crippen LogP contribution is -2.45. The number of aromatic nitrogens is 1. The number of hydrogen-bond acceptors (Lipinski definition) is 3. The lowest BCUT2D eigenvalue weighted by atomic mass is 9.93. The molecule has 3 rings (SSSR count). The molecule has 3 aromatic rings. The van der Waals surface area contributed by atoms with Crippen molar-refractivity contribution in [1.29, 1.82) is 0 Å². The first kappa shape index (κ1) is 16.7. The van der Waals surface area contributed by atoms with Gasteiger partial charge in [0.25, 0.3) is 0 Å². The average molecular weight is 349 g/mol. The van der Waals surface area contributed by atoms with Crippen molar-refractivity contribution in [2.75, 3.05) is 0 Å². The summed E-state index contributed by atoms with van der Waals surface area (Å²) in [5, 5.41) is 1.39. The summed E-state index contributed by atoms with van der Waals surface area (Å²) in [4.78, 5) is 3.92. The van der Waals surface area contributed by atoms with Crippen LogP contribution in [0.3, 0.4) is 0 Å². The van der Waals surface area contributed by atoms with Gasteiger partial charge in [-0.1, -0.05) is 60.7 Å². The predicted molar refractivity (Wildman–Crippen MR) is 86.6 cm³/mol. The molecule has 0 bridgehead atoms. The fraction of sp³-hybridized carbons (Fsp3) is 0.167. The van der Waals surface area contributed by atoms with Gasteiger partial charge in [0.2, 0.25) is 5.60 Å². The Hall–Kier alpha value is -2.18. The van der Waals surface area contributed by atoms with E-state index >= 15 is 0 Å². The summed E-state index contributed by atoms with van der Waals surface area (Å²) in [6.45, 7) is -0.172. The molecule has 0 saturated heterocycles. The Bertz CT molecular complexity index is 760. The van der Waals surface area contributed by atoms with E-state index in [1.54, 1.807) is 48.5 Å². The van der Waals surface area contributed by atoms with Crippen molar-refractivity contribution in [3.63, 3.8) is 0 Å². The van der Waals surface area contributed by atoms with E-state index in [1.165, 1.54) is 23.7 Å². The molecule has 1 aromatic heterocycles. The molecule has 0 aliphatic carbocycles. The molecule has 24 heavy (non-hydrogen) atoms. The molecule has 0 radical (unpaired) electrons. The molecule has 1 atom stereocenters. The highest BCUT2D eigenvalue weighted by Crippen LogP contribution is 2.48. The maximum absolute atomic E-state index is 14.2. The first-order valence-electron chi connectivity index (χ1n) is 7.24. The van der Waals surface area contributed by atoms with Gasteiger partial charge < -0.3 is 4.74 Å². The zero-order chi connectivity index (χ0) is 17.0. The van der Waals surface area contributed by atoms with Gasteiger partial charge in [-0.25, -0.2) is 4.98 Å². The third kappa shape index (κ3) is 3.07. The van der Waals surface area contributed by atoms with E-state index in [-0.39, 0.29) is 17.2 Å². The van der Waals surface area contributed by atoms with Gasteiger partial charge in [0, 0.05) is 11.6 Å². The summed E-state index contributed by atoms with van der Waals surface area (Å²) in [7, 11) is 0. The highest BCUT2D eigenvalue weighted by atomic mass is 32.1. The maximum atomic E-state index is 14.2. The second-order valence-electron chi connectivity index (χ2n) is 5.16. The molecule has 0 amide bonds. The van der Waals surface area contributed by atoms with Crippen LogP contribution in [0.2, 0.25) is 0 Å². The third-order valence-corrected chi connectivity index (χ3v) is 4.49. The van der Waals surface area contributed by atoms with Crippen LogP contribution in [-0.4, -0.2) is 11.2 Å². The van der Waals surface area contributed by atoms with Crippen LogP contribution in [-0.2, 0) is 16.9 Å². The molecule has 0 saturated carbocycles. The summed E-state index contributed by atoms with van der Waals surface area (Å²) in [6, 6.07) is 16.4. The molecule has 1 heterocycles. The Morgan fingerprint density at radius 3 is 2.08 bits per heavy atom. The summed E-state index contributed by atoms with van der Waals surface area (Å²) < 4.78 is 48.0. The second kappa shape index (κ2) is 6.75. The van der Waals surface area contributed by atoms with Gasteiger partial charge in [0.1, 0.15) is 5.01 Å². The molecule has 1 unspecified atom stereocenters. The lowest BCUT2D eigenvalue weighted by molar-refractivity contribution is -0.270. The Morgan fingerprint density at radius 1 is 0.917 bits per heavy atom. The molecule has 2 nitrogen and oxygen atoms in total. The molecule has 0 aliphatic heterocycles. The number of thiazole rings is 1. The number of hydrogen-bond donors (Lipinski definition) is 0. The van der Waals surface area contributed by atoms with Crippen molar-refractivity contribution in [2.45, 2.75) is 18.4 Å². The van der Waals surface area contributed by atoms with Gasteiger partial charge in [0.15, 0.2) is 0 Å². The van der Waals surface area contributed by atoms with E-state index < -0.39 is 11.8 Å². The number of benzene rings is 2. The molecule has 0 spiro atoms. The summed E-state index contributed by atoms with van der Waals surface area (Å²) in [5.41, 5.74) is -1.90. The summed E-state index contributed by atoms with van der Waals surface area (Å²) in [6.07, 6.45) is -3.30. The van der Waals surface area contributed by atoms with Crippen molar-refractivity contribution in [3.05, 3.63) is 88.4 Å². The highest BCUT2D eigenvalue weighted by molar-refractivity contribution is 7.09. The quantitative estimate of drug-likeness (QED) is 0.634. The number of alkyl halides is 3. The number of ether oxygens (including phenoxy) is 1. The molecule has 0 aliphatic rings. The zero-order valence-electron chi connectivity index (χ0n) is 12.5. The van der Waals surface area contributed by atoms with Crippen LogP contribution in [0.15, 0.2) is 72.2 Å². The molecular formula is C18H14F3NOS. The number of halogens is 3. The molecule has 124 valence electrons. The summed E-state index contributed by atoms with van der Waals surface area (Å²) >= 11 is 0.931. The molecular weight excluding hydrogens is 335 g/mol. The third-order valence-electron chi connectivity index (χ3n) is 3.61. The van der Waals surface area contributed by atoms with E-state index in [9.17, 15) is 13.2 Å². The first-order chi connectivity index (χ1) is 11.5. The van der Waals surface area contributed by atoms with Crippen molar-refractivity contribution in [3.8, 4) is 0 Å². The van der Waals surface area contributed by atoms with Crippen LogP contribution >= 0.6 is 11.3 Å². The van der Waals surface area contributed by atoms with E-state index in [0.29, 0.717) is 5.56 Å². The SMILES string of the molecule is FC(F)(F)C(OCc1ccccc1)(c1ccccc1)c1nccs1. The van der Waals surface area contributed by atoms with E-state index in [4.69, 9.17) is 4.74 Å². The van der Waals surface area contributed by atoms with Crippen molar-refractivity contribution < 1.29 is 17.9 Å². The van der Waals surface area contributed by atoms with Crippen LogP contribution in [0.5, 0.6) is 0 Å². The van der Waals surface area contributed by atoms with E-state index in [0.717, 1.165) is 11.3 Å². The Kier molecular flexibility index (Phi) is 4.69. The van der Waals surface area contributed by atoms with Gasteiger partial charge in [-0.15, -0.1) is 11.3 Å².